The van der Waals surface area contributed by atoms with Crippen molar-refractivity contribution in [3.8, 4) is 0 Å². The standard InChI is InChI=1S/C21H26BrN3O3S/c1-3-15(18-6-7-19(22)29-18)23-20(26)14-11-16(25-9-10-28-12-17(14)25)21(27)24-8-4-5-13(24)2/h6-7,11,13,15H,3-5,8-10,12H2,1-2H3,(H,23,26)/t13?,15-/m1/s1. The molecule has 4 heterocycles. The molecule has 2 aromatic heterocycles. The summed E-state index contributed by atoms with van der Waals surface area (Å²) in [7, 11) is 0. The minimum atomic E-state index is -0.149. The van der Waals surface area contributed by atoms with Crippen molar-refractivity contribution < 1.29 is 14.3 Å². The Morgan fingerprint density at radius 2 is 2.21 bits per heavy atom. The molecular formula is C21H26BrN3O3S. The highest BCUT2D eigenvalue weighted by Crippen LogP contribution is 2.30. The van der Waals surface area contributed by atoms with Gasteiger partial charge in [0.2, 0.25) is 0 Å². The molecule has 2 aliphatic heterocycles. The summed E-state index contributed by atoms with van der Waals surface area (Å²) in [5, 5.41) is 3.15. The third kappa shape index (κ3) is 4.02. The van der Waals surface area contributed by atoms with Gasteiger partial charge in [-0.15, -0.1) is 11.3 Å². The lowest BCUT2D eigenvalue weighted by Gasteiger charge is -2.24. The lowest BCUT2D eigenvalue weighted by molar-refractivity contribution is 0.0683. The van der Waals surface area contributed by atoms with E-state index in [1.54, 1.807) is 17.4 Å². The number of amides is 2. The molecule has 8 heteroatoms. The van der Waals surface area contributed by atoms with Gasteiger partial charge in [0.1, 0.15) is 5.69 Å². The van der Waals surface area contributed by atoms with Crippen molar-refractivity contribution >= 4 is 39.1 Å². The number of nitrogens with zero attached hydrogens (tertiary/aromatic N) is 2. The van der Waals surface area contributed by atoms with Crippen LogP contribution in [-0.2, 0) is 17.9 Å². The van der Waals surface area contributed by atoms with E-state index >= 15 is 0 Å². The number of hydrogen-bond donors (Lipinski definition) is 1. The van der Waals surface area contributed by atoms with Crippen molar-refractivity contribution in [2.45, 2.75) is 58.3 Å². The van der Waals surface area contributed by atoms with Gasteiger partial charge >= 0.3 is 0 Å². The average Bonchev–Trinajstić information content (AvgIpc) is 3.43. The first kappa shape index (κ1) is 20.6. The molecule has 2 aromatic rings. The zero-order valence-corrected chi connectivity index (χ0v) is 19.1. The first-order valence-corrected chi connectivity index (χ1v) is 11.8. The normalized spacial score (nSPS) is 19.8. The van der Waals surface area contributed by atoms with Gasteiger partial charge in [-0.1, -0.05) is 6.92 Å². The summed E-state index contributed by atoms with van der Waals surface area (Å²) in [5.41, 5.74) is 1.95. The van der Waals surface area contributed by atoms with Crippen molar-refractivity contribution in [3.05, 3.63) is 43.8 Å². The molecule has 6 nitrogen and oxygen atoms in total. The highest BCUT2D eigenvalue weighted by Gasteiger charge is 2.32. The monoisotopic (exact) mass is 479 g/mol. The number of thiophene rings is 1. The van der Waals surface area contributed by atoms with E-state index in [0.29, 0.717) is 31.0 Å². The van der Waals surface area contributed by atoms with Crippen LogP contribution in [0, 0.1) is 0 Å². The van der Waals surface area contributed by atoms with Gasteiger partial charge in [-0.05, 0) is 60.3 Å². The van der Waals surface area contributed by atoms with Crippen LogP contribution in [0.3, 0.4) is 0 Å². The van der Waals surface area contributed by atoms with E-state index in [-0.39, 0.29) is 23.9 Å². The highest BCUT2D eigenvalue weighted by atomic mass is 79.9. The summed E-state index contributed by atoms with van der Waals surface area (Å²) >= 11 is 5.11. The zero-order valence-electron chi connectivity index (χ0n) is 16.7. The fourth-order valence-electron chi connectivity index (χ4n) is 4.21. The van der Waals surface area contributed by atoms with Crippen molar-refractivity contribution in [3.63, 3.8) is 0 Å². The van der Waals surface area contributed by atoms with Gasteiger partial charge in [-0.25, -0.2) is 0 Å². The van der Waals surface area contributed by atoms with E-state index in [0.717, 1.165) is 40.2 Å². The van der Waals surface area contributed by atoms with Crippen LogP contribution < -0.4 is 5.32 Å². The van der Waals surface area contributed by atoms with Gasteiger partial charge in [0.05, 0.1) is 34.3 Å². The average molecular weight is 480 g/mol. The summed E-state index contributed by atoms with van der Waals surface area (Å²) in [4.78, 5) is 29.4. The van der Waals surface area contributed by atoms with Crippen LogP contribution in [0.5, 0.6) is 0 Å². The van der Waals surface area contributed by atoms with Gasteiger partial charge < -0.3 is 19.5 Å². The van der Waals surface area contributed by atoms with E-state index in [2.05, 4.69) is 35.1 Å². The fourth-order valence-corrected chi connectivity index (χ4v) is 5.76. The second-order valence-corrected chi connectivity index (χ2v) is 10.2. The number of carbonyl (C=O) groups is 2. The summed E-state index contributed by atoms with van der Waals surface area (Å²) in [6.07, 6.45) is 2.86. The second-order valence-electron chi connectivity index (χ2n) is 7.66. The molecule has 4 rings (SSSR count). The van der Waals surface area contributed by atoms with E-state index in [1.807, 2.05) is 21.6 Å². The van der Waals surface area contributed by atoms with Gasteiger partial charge in [0, 0.05) is 24.0 Å². The first-order chi connectivity index (χ1) is 14.0. The Kier molecular flexibility index (Phi) is 6.13. The van der Waals surface area contributed by atoms with Crippen molar-refractivity contribution in [1.29, 1.82) is 0 Å². The topological polar surface area (TPSA) is 63.6 Å². The quantitative estimate of drug-likeness (QED) is 0.693. The third-order valence-corrected chi connectivity index (χ3v) is 7.57. The van der Waals surface area contributed by atoms with E-state index in [9.17, 15) is 9.59 Å². The number of nitrogens with one attached hydrogen (secondary N) is 1. The number of ether oxygens (including phenoxy) is 1. The van der Waals surface area contributed by atoms with Crippen molar-refractivity contribution in [1.82, 2.24) is 14.8 Å². The lowest BCUT2D eigenvalue weighted by Crippen LogP contribution is -2.35. The highest BCUT2D eigenvalue weighted by molar-refractivity contribution is 9.11. The van der Waals surface area contributed by atoms with Crippen LogP contribution >= 0.6 is 27.3 Å². The second kappa shape index (κ2) is 8.62. The number of carbonyl (C=O) groups excluding carboxylic acids is 2. The third-order valence-electron chi connectivity index (χ3n) is 5.84. The Bertz CT molecular complexity index is 922. The summed E-state index contributed by atoms with van der Waals surface area (Å²) in [6, 6.07) is 5.98. The Hall–Kier alpha value is -1.64. The summed E-state index contributed by atoms with van der Waals surface area (Å²) < 4.78 is 8.64. The minimum Gasteiger partial charge on any atom is -0.373 e. The maximum atomic E-state index is 13.2. The zero-order chi connectivity index (χ0) is 20.5. The number of fused-ring (bicyclic) bond motifs is 1. The molecular weight excluding hydrogens is 454 g/mol. The van der Waals surface area contributed by atoms with Crippen LogP contribution in [0.25, 0.3) is 0 Å². The number of halogens is 1. The predicted octanol–water partition coefficient (Wildman–Crippen LogP) is 4.35. The summed E-state index contributed by atoms with van der Waals surface area (Å²) in [6.45, 7) is 6.43. The molecule has 2 atom stereocenters. The summed E-state index contributed by atoms with van der Waals surface area (Å²) in [5.74, 6) is -0.129. The van der Waals surface area contributed by atoms with Crippen LogP contribution in [0.15, 0.2) is 22.0 Å². The lowest BCUT2D eigenvalue weighted by atomic mass is 10.1. The molecule has 1 unspecified atom stereocenters. The number of rotatable bonds is 5. The maximum absolute atomic E-state index is 13.2. The molecule has 2 aliphatic rings. The van der Waals surface area contributed by atoms with E-state index < -0.39 is 0 Å². The Balaban J connectivity index is 1.62. The molecule has 1 N–H and O–H groups in total. The minimum absolute atomic E-state index is 0.0198. The van der Waals surface area contributed by atoms with Gasteiger partial charge in [-0.2, -0.15) is 0 Å². The van der Waals surface area contributed by atoms with Crippen molar-refractivity contribution in [2.75, 3.05) is 13.2 Å². The molecule has 29 heavy (non-hydrogen) atoms. The predicted molar refractivity (Wildman–Crippen MR) is 116 cm³/mol. The number of aromatic nitrogens is 1. The number of likely N-dealkylation sites (tertiary alicyclic amines) is 1. The van der Waals surface area contributed by atoms with E-state index in [1.165, 1.54) is 0 Å². The van der Waals surface area contributed by atoms with Gasteiger partial charge in [0.25, 0.3) is 11.8 Å². The molecule has 0 aromatic carbocycles. The van der Waals surface area contributed by atoms with E-state index in [4.69, 9.17) is 4.74 Å². The SMILES string of the molecule is CC[C@@H](NC(=O)c1cc(C(=O)N2CCCC2C)n2c1COCC2)c1ccc(Br)s1. The smallest absolute Gasteiger partial charge is 0.270 e. The fraction of sp³-hybridized carbons (Fsp3) is 0.524. The molecule has 0 aliphatic carbocycles. The van der Waals surface area contributed by atoms with Gasteiger partial charge in [0.15, 0.2) is 0 Å². The maximum Gasteiger partial charge on any atom is 0.270 e. The molecule has 0 bridgehead atoms. The molecule has 0 spiro atoms. The molecule has 2 amide bonds. The van der Waals surface area contributed by atoms with Crippen LogP contribution in [-0.4, -0.2) is 40.5 Å². The van der Waals surface area contributed by atoms with Crippen molar-refractivity contribution in [2.24, 2.45) is 0 Å². The molecule has 0 radical (unpaired) electrons. The largest absolute Gasteiger partial charge is 0.373 e. The molecule has 1 saturated heterocycles. The van der Waals surface area contributed by atoms with Crippen LogP contribution in [0.1, 0.15) is 70.6 Å². The molecule has 0 saturated carbocycles. The Morgan fingerprint density at radius 3 is 2.86 bits per heavy atom. The first-order valence-electron chi connectivity index (χ1n) is 10.2. The molecule has 1 fully saturated rings. The Morgan fingerprint density at radius 1 is 1.38 bits per heavy atom. The van der Waals surface area contributed by atoms with Crippen LogP contribution in [0.2, 0.25) is 0 Å². The Labute approximate surface area is 183 Å². The molecule has 156 valence electrons. The number of hydrogen-bond acceptors (Lipinski definition) is 4. The van der Waals surface area contributed by atoms with Crippen LogP contribution in [0.4, 0.5) is 0 Å². The van der Waals surface area contributed by atoms with Gasteiger partial charge in [-0.3, -0.25) is 9.59 Å².